The number of nitrogen functional groups attached to an aromatic ring is 1. The molecule has 1 aromatic rings. The second kappa shape index (κ2) is 5.09. The Morgan fingerprint density at radius 2 is 2.47 bits per heavy atom. The molecule has 0 spiro atoms. The van der Waals surface area contributed by atoms with Crippen molar-refractivity contribution in [3.63, 3.8) is 0 Å². The van der Waals surface area contributed by atoms with Gasteiger partial charge in [0, 0.05) is 13.1 Å². The summed E-state index contributed by atoms with van der Waals surface area (Å²) in [5, 5.41) is 2.69. The van der Waals surface area contributed by atoms with Gasteiger partial charge in [-0.3, -0.25) is 4.79 Å². The van der Waals surface area contributed by atoms with Crippen molar-refractivity contribution in [1.29, 1.82) is 0 Å². The highest BCUT2D eigenvalue weighted by atomic mass is 32.1. The maximum atomic E-state index is 11.6. The number of thiazole rings is 1. The Balaban J connectivity index is 3.11. The first-order valence-electron chi connectivity index (χ1n) is 4.50. The molecule has 4 nitrogen and oxygen atoms in total. The quantitative estimate of drug-likeness (QED) is 0.626. The van der Waals surface area contributed by atoms with Gasteiger partial charge >= 0.3 is 0 Å². The van der Waals surface area contributed by atoms with Gasteiger partial charge in [-0.2, -0.15) is 0 Å². The SMILES string of the molecule is C=CCn1c(N)c(C(=O)NCC)sc1=S. The lowest BCUT2D eigenvalue weighted by molar-refractivity contribution is 0.0960. The molecular formula is C9H13N3OS2. The number of nitrogens with two attached hydrogens (primary N) is 1. The summed E-state index contributed by atoms with van der Waals surface area (Å²) in [7, 11) is 0. The van der Waals surface area contributed by atoms with Crippen LogP contribution in [0.2, 0.25) is 0 Å². The fourth-order valence-corrected chi connectivity index (χ4v) is 2.38. The lowest BCUT2D eigenvalue weighted by Gasteiger charge is -2.02. The number of nitrogens with one attached hydrogen (secondary N) is 1. The predicted molar refractivity (Wildman–Crippen MR) is 65.8 cm³/mol. The average molecular weight is 243 g/mol. The molecule has 1 amide bonds. The van der Waals surface area contributed by atoms with E-state index in [1.165, 1.54) is 11.3 Å². The number of hydrogen-bond donors (Lipinski definition) is 2. The molecule has 0 aromatic carbocycles. The zero-order valence-electron chi connectivity index (χ0n) is 8.45. The second-order valence-corrected chi connectivity index (χ2v) is 4.49. The Bertz CT molecular complexity index is 433. The van der Waals surface area contributed by atoms with Gasteiger partial charge in [0.15, 0.2) is 3.95 Å². The highest BCUT2D eigenvalue weighted by molar-refractivity contribution is 7.73. The number of anilines is 1. The van der Waals surface area contributed by atoms with Crippen LogP contribution in [0.3, 0.4) is 0 Å². The molecule has 0 radical (unpaired) electrons. The largest absolute Gasteiger partial charge is 0.384 e. The topological polar surface area (TPSA) is 60.0 Å². The lowest BCUT2D eigenvalue weighted by Crippen LogP contribution is -2.23. The average Bonchev–Trinajstić information content (AvgIpc) is 2.47. The van der Waals surface area contributed by atoms with Crippen molar-refractivity contribution in [2.45, 2.75) is 13.5 Å². The number of nitrogens with zero attached hydrogens (tertiary/aromatic N) is 1. The van der Waals surface area contributed by atoms with Crippen LogP contribution in [0.4, 0.5) is 5.82 Å². The first-order valence-corrected chi connectivity index (χ1v) is 5.72. The minimum atomic E-state index is -0.172. The van der Waals surface area contributed by atoms with E-state index < -0.39 is 0 Å². The van der Waals surface area contributed by atoms with E-state index in [1.54, 1.807) is 10.6 Å². The minimum Gasteiger partial charge on any atom is -0.384 e. The Labute approximate surface area is 97.4 Å². The fraction of sp³-hybridized carbons (Fsp3) is 0.333. The second-order valence-electron chi connectivity index (χ2n) is 2.84. The highest BCUT2D eigenvalue weighted by Crippen LogP contribution is 2.21. The monoisotopic (exact) mass is 243 g/mol. The number of amides is 1. The number of allylic oxidation sites excluding steroid dienone is 1. The molecule has 1 rings (SSSR count). The van der Waals surface area contributed by atoms with Crippen LogP contribution in [0.15, 0.2) is 12.7 Å². The van der Waals surface area contributed by atoms with Crippen molar-refractivity contribution in [1.82, 2.24) is 9.88 Å². The lowest BCUT2D eigenvalue weighted by atomic mass is 10.4. The molecule has 0 aliphatic rings. The molecule has 0 bridgehead atoms. The van der Waals surface area contributed by atoms with Crippen LogP contribution < -0.4 is 11.1 Å². The summed E-state index contributed by atoms with van der Waals surface area (Å²) >= 11 is 6.32. The van der Waals surface area contributed by atoms with E-state index in [9.17, 15) is 4.79 Å². The van der Waals surface area contributed by atoms with Crippen LogP contribution in [0.25, 0.3) is 0 Å². The molecular weight excluding hydrogens is 230 g/mol. The number of carbonyl (C=O) groups excluding carboxylic acids is 1. The fourth-order valence-electron chi connectivity index (χ4n) is 1.12. The summed E-state index contributed by atoms with van der Waals surface area (Å²) < 4.78 is 2.28. The number of rotatable bonds is 4. The van der Waals surface area contributed by atoms with Crippen LogP contribution >= 0.6 is 23.6 Å². The van der Waals surface area contributed by atoms with Crippen molar-refractivity contribution in [3.8, 4) is 0 Å². The van der Waals surface area contributed by atoms with Gasteiger partial charge < -0.3 is 15.6 Å². The molecule has 1 heterocycles. The van der Waals surface area contributed by atoms with Crippen molar-refractivity contribution in [2.75, 3.05) is 12.3 Å². The van der Waals surface area contributed by atoms with Crippen LogP contribution in [-0.4, -0.2) is 17.0 Å². The van der Waals surface area contributed by atoms with Crippen molar-refractivity contribution in [3.05, 3.63) is 21.5 Å². The van der Waals surface area contributed by atoms with E-state index in [1.807, 2.05) is 6.92 Å². The standard InChI is InChI=1S/C9H13N3OS2/c1-3-5-12-7(10)6(15-9(12)14)8(13)11-4-2/h3H,1,4-5,10H2,2H3,(H,11,13). The molecule has 15 heavy (non-hydrogen) atoms. The summed E-state index contributed by atoms with van der Waals surface area (Å²) in [5.41, 5.74) is 5.82. The van der Waals surface area contributed by atoms with E-state index >= 15 is 0 Å². The molecule has 0 aliphatic heterocycles. The Morgan fingerprint density at radius 3 is 3.00 bits per heavy atom. The van der Waals surface area contributed by atoms with Crippen molar-refractivity contribution >= 4 is 35.3 Å². The molecule has 0 fully saturated rings. The molecule has 0 unspecified atom stereocenters. The van der Waals surface area contributed by atoms with Crippen LogP contribution in [0.1, 0.15) is 16.6 Å². The summed E-state index contributed by atoms with van der Waals surface area (Å²) in [6, 6.07) is 0. The van der Waals surface area contributed by atoms with Gasteiger partial charge in [0.25, 0.3) is 5.91 Å². The third-order valence-corrected chi connectivity index (χ3v) is 3.25. The van der Waals surface area contributed by atoms with Gasteiger partial charge in [-0.05, 0) is 19.1 Å². The van der Waals surface area contributed by atoms with Gasteiger partial charge in [-0.15, -0.1) is 6.58 Å². The molecule has 6 heteroatoms. The maximum absolute atomic E-state index is 11.6. The zero-order valence-corrected chi connectivity index (χ0v) is 10.1. The summed E-state index contributed by atoms with van der Waals surface area (Å²) in [6.07, 6.45) is 1.69. The molecule has 82 valence electrons. The van der Waals surface area contributed by atoms with E-state index in [4.69, 9.17) is 18.0 Å². The van der Waals surface area contributed by atoms with E-state index in [2.05, 4.69) is 11.9 Å². The third-order valence-electron chi connectivity index (χ3n) is 1.79. The van der Waals surface area contributed by atoms with Gasteiger partial charge in [0.2, 0.25) is 0 Å². The number of carbonyl (C=O) groups is 1. The van der Waals surface area contributed by atoms with Crippen LogP contribution in [-0.2, 0) is 6.54 Å². The number of aromatic nitrogens is 1. The summed E-state index contributed by atoms with van der Waals surface area (Å²) in [4.78, 5) is 12.0. The highest BCUT2D eigenvalue weighted by Gasteiger charge is 2.15. The molecule has 3 N–H and O–H groups in total. The maximum Gasteiger partial charge on any atom is 0.265 e. The predicted octanol–water partition coefficient (Wildman–Crippen LogP) is 1.80. The van der Waals surface area contributed by atoms with Gasteiger partial charge in [-0.25, -0.2) is 0 Å². The Kier molecular flexibility index (Phi) is 4.05. The molecule has 0 aliphatic carbocycles. The summed E-state index contributed by atoms with van der Waals surface area (Å²) in [6.45, 7) is 6.57. The Hall–Kier alpha value is -1.14. The van der Waals surface area contributed by atoms with Crippen LogP contribution in [0.5, 0.6) is 0 Å². The first kappa shape index (κ1) is 11.9. The van der Waals surface area contributed by atoms with Crippen LogP contribution in [0, 0.1) is 3.95 Å². The van der Waals surface area contributed by atoms with Gasteiger partial charge in [-0.1, -0.05) is 17.4 Å². The summed E-state index contributed by atoms with van der Waals surface area (Å²) in [5.74, 6) is 0.241. The first-order chi connectivity index (χ1) is 7.11. The van der Waals surface area contributed by atoms with E-state index in [0.717, 1.165) is 0 Å². The molecule has 0 saturated heterocycles. The van der Waals surface area contributed by atoms with Crippen molar-refractivity contribution < 1.29 is 4.79 Å². The number of hydrogen-bond acceptors (Lipinski definition) is 4. The minimum absolute atomic E-state index is 0.172. The van der Waals surface area contributed by atoms with E-state index in [-0.39, 0.29) is 5.91 Å². The molecule has 0 atom stereocenters. The molecule has 1 aromatic heterocycles. The van der Waals surface area contributed by atoms with Gasteiger partial charge in [0.05, 0.1) is 0 Å². The van der Waals surface area contributed by atoms with Gasteiger partial charge in [0.1, 0.15) is 10.7 Å². The smallest absolute Gasteiger partial charge is 0.265 e. The van der Waals surface area contributed by atoms with Crippen molar-refractivity contribution in [2.24, 2.45) is 0 Å². The Morgan fingerprint density at radius 1 is 1.80 bits per heavy atom. The zero-order chi connectivity index (χ0) is 11.4. The van der Waals surface area contributed by atoms with E-state index in [0.29, 0.717) is 27.7 Å². The normalized spacial score (nSPS) is 9.93. The third kappa shape index (κ3) is 2.45. The molecule has 0 saturated carbocycles.